The van der Waals surface area contributed by atoms with Crippen molar-refractivity contribution in [2.75, 3.05) is 6.54 Å². The standard InChI is InChI=1S/C13H19N/c1-3-11-4-6-12(7-5-11)13-8-10(2)9-14-13/h4-7,10,13-14H,3,8-9H2,1-2H3/t10-,13-/m1/s1. The van der Waals surface area contributed by atoms with Crippen LogP contribution in [-0.4, -0.2) is 6.54 Å². The van der Waals surface area contributed by atoms with Crippen molar-refractivity contribution in [3.63, 3.8) is 0 Å². The molecule has 14 heavy (non-hydrogen) atoms. The highest BCUT2D eigenvalue weighted by atomic mass is 14.9. The molecule has 1 saturated heterocycles. The van der Waals surface area contributed by atoms with Gasteiger partial charge in [-0.1, -0.05) is 38.1 Å². The van der Waals surface area contributed by atoms with Gasteiger partial charge in [0, 0.05) is 6.04 Å². The van der Waals surface area contributed by atoms with Crippen molar-refractivity contribution in [3.05, 3.63) is 35.4 Å². The predicted molar refractivity (Wildman–Crippen MR) is 60.3 cm³/mol. The second kappa shape index (κ2) is 4.14. The number of hydrogen-bond donors (Lipinski definition) is 1. The van der Waals surface area contributed by atoms with E-state index in [1.807, 2.05) is 0 Å². The van der Waals surface area contributed by atoms with E-state index in [4.69, 9.17) is 0 Å². The maximum Gasteiger partial charge on any atom is 0.0323 e. The number of aryl methyl sites for hydroxylation is 1. The maximum atomic E-state index is 3.56. The maximum absolute atomic E-state index is 3.56. The van der Waals surface area contributed by atoms with Gasteiger partial charge in [-0.25, -0.2) is 0 Å². The number of rotatable bonds is 2. The minimum absolute atomic E-state index is 0.593. The molecule has 0 unspecified atom stereocenters. The van der Waals surface area contributed by atoms with Crippen molar-refractivity contribution >= 4 is 0 Å². The Labute approximate surface area is 86.5 Å². The van der Waals surface area contributed by atoms with Crippen LogP contribution in [0.25, 0.3) is 0 Å². The van der Waals surface area contributed by atoms with Crippen molar-refractivity contribution in [3.8, 4) is 0 Å². The summed E-state index contributed by atoms with van der Waals surface area (Å²) < 4.78 is 0. The van der Waals surface area contributed by atoms with E-state index in [2.05, 4.69) is 43.4 Å². The highest BCUT2D eigenvalue weighted by Gasteiger charge is 2.21. The predicted octanol–water partition coefficient (Wildman–Crippen LogP) is 2.92. The van der Waals surface area contributed by atoms with Crippen molar-refractivity contribution < 1.29 is 0 Å². The molecule has 2 rings (SSSR count). The molecule has 76 valence electrons. The second-order valence-electron chi connectivity index (χ2n) is 4.40. The Balaban J connectivity index is 2.09. The van der Waals surface area contributed by atoms with Crippen LogP contribution in [0.2, 0.25) is 0 Å². The summed E-state index contributed by atoms with van der Waals surface area (Å²) >= 11 is 0. The van der Waals surface area contributed by atoms with Crippen LogP contribution in [0.4, 0.5) is 0 Å². The third-order valence-electron chi connectivity index (χ3n) is 3.14. The van der Waals surface area contributed by atoms with E-state index >= 15 is 0 Å². The summed E-state index contributed by atoms with van der Waals surface area (Å²) in [6, 6.07) is 9.64. The van der Waals surface area contributed by atoms with Crippen LogP contribution < -0.4 is 5.32 Å². The van der Waals surface area contributed by atoms with Gasteiger partial charge in [-0.2, -0.15) is 0 Å². The summed E-state index contributed by atoms with van der Waals surface area (Å²) in [7, 11) is 0. The Kier molecular flexibility index (Phi) is 2.87. The lowest BCUT2D eigenvalue weighted by atomic mass is 10.00. The molecule has 1 aromatic rings. The van der Waals surface area contributed by atoms with Gasteiger partial charge in [-0.15, -0.1) is 0 Å². The van der Waals surface area contributed by atoms with Crippen LogP contribution in [-0.2, 0) is 6.42 Å². The zero-order chi connectivity index (χ0) is 9.97. The fourth-order valence-electron chi connectivity index (χ4n) is 2.15. The number of nitrogens with one attached hydrogen (secondary N) is 1. The lowest BCUT2D eigenvalue weighted by molar-refractivity contribution is 0.612. The Morgan fingerprint density at radius 2 is 2.00 bits per heavy atom. The average molecular weight is 189 g/mol. The zero-order valence-corrected chi connectivity index (χ0v) is 9.09. The van der Waals surface area contributed by atoms with Gasteiger partial charge in [0.05, 0.1) is 0 Å². The minimum atomic E-state index is 0.593. The average Bonchev–Trinajstić information content (AvgIpc) is 2.65. The highest BCUT2D eigenvalue weighted by Crippen LogP contribution is 2.26. The molecule has 1 aliphatic heterocycles. The molecule has 0 saturated carbocycles. The molecule has 0 radical (unpaired) electrons. The molecule has 0 spiro atoms. The quantitative estimate of drug-likeness (QED) is 0.754. The van der Waals surface area contributed by atoms with Gasteiger partial charge in [0.1, 0.15) is 0 Å². The van der Waals surface area contributed by atoms with Gasteiger partial charge in [-0.3, -0.25) is 0 Å². The van der Waals surface area contributed by atoms with Crippen LogP contribution in [0, 0.1) is 5.92 Å². The van der Waals surface area contributed by atoms with Crippen LogP contribution in [0.15, 0.2) is 24.3 Å². The van der Waals surface area contributed by atoms with Gasteiger partial charge in [0.25, 0.3) is 0 Å². The summed E-state index contributed by atoms with van der Waals surface area (Å²) in [5.74, 6) is 0.825. The Hall–Kier alpha value is -0.820. The summed E-state index contributed by atoms with van der Waals surface area (Å²) in [6.07, 6.45) is 2.42. The monoisotopic (exact) mass is 189 g/mol. The van der Waals surface area contributed by atoms with Crippen molar-refractivity contribution in [2.24, 2.45) is 5.92 Å². The van der Waals surface area contributed by atoms with Crippen molar-refractivity contribution in [1.82, 2.24) is 5.32 Å². The first-order valence-corrected chi connectivity index (χ1v) is 5.62. The Morgan fingerprint density at radius 3 is 2.50 bits per heavy atom. The van der Waals surface area contributed by atoms with Crippen LogP contribution in [0.5, 0.6) is 0 Å². The van der Waals surface area contributed by atoms with E-state index in [9.17, 15) is 0 Å². The molecule has 0 aliphatic carbocycles. The molecule has 1 aliphatic rings. The fraction of sp³-hybridized carbons (Fsp3) is 0.538. The van der Waals surface area contributed by atoms with Gasteiger partial charge in [-0.05, 0) is 36.4 Å². The normalized spacial score (nSPS) is 26.7. The number of benzene rings is 1. The van der Waals surface area contributed by atoms with Gasteiger partial charge in [0.15, 0.2) is 0 Å². The molecule has 1 nitrogen and oxygen atoms in total. The molecular formula is C13H19N. The van der Waals surface area contributed by atoms with Crippen molar-refractivity contribution in [2.45, 2.75) is 32.7 Å². The molecule has 1 aromatic carbocycles. The molecule has 1 fully saturated rings. The summed E-state index contributed by atoms with van der Waals surface area (Å²) in [5.41, 5.74) is 2.88. The van der Waals surface area contributed by atoms with E-state index in [1.54, 1.807) is 0 Å². The van der Waals surface area contributed by atoms with Crippen LogP contribution >= 0.6 is 0 Å². The molecule has 2 atom stereocenters. The third-order valence-corrected chi connectivity index (χ3v) is 3.14. The second-order valence-corrected chi connectivity index (χ2v) is 4.40. The third kappa shape index (κ3) is 1.98. The fourth-order valence-corrected chi connectivity index (χ4v) is 2.15. The van der Waals surface area contributed by atoms with E-state index < -0.39 is 0 Å². The van der Waals surface area contributed by atoms with Crippen molar-refractivity contribution in [1.29, 1.82) is 0 Å². The van der Waals surface area contributed by atoms with Gasteiger partial charge < -0.3 is 5.32 Å². The first kappa shape index (κ1) is 9.72. The van der Waals surface area contributed by atoms with E-state index in [1.165, 1.54) is 24.1 Å². The molecule has 1 heterocycles. The molecule has 0 bridgehead atoms. The summed E-state index contributed by atoms with van der Waals surface area (Å²) in [4.78, 5) is 0. The smallest absolute Gasteiger partial charge is 0.0323 e. The largest absolute Gasteiger partial charge is 0.310 e. The van der Waals surface area contributed by atoms with E-state index in [-0.39, 0.29) is 0 Å². The first-order valence-electron chi connectivity index (χ1n) is 5.62. The topological polar surface area (TPSA) is 12.0 Å². The van der Waals surface area contributed by atoms with Gasteiger partial charge >= 0.3 is 0 Å². The molecule has 0 amide bonds. The van der Waals surface area contributed by atoms with E-state index in [0.717, 1.165) is 12.3 Å². The summed E-state index contributed by atoms with van der Waals surface area (Å²) in [6.45, 7) is 5.68. The molecule has 1 heteroatoms. The summed E-state index contributed by atoms with van der Waals surface area (Å²) in [5, 5.41) is 3.56. The van der Waals surface area contributed by atoms with Gasteiger partial charge in [0.2, 0.25) is 0 Å². The van der Waals surface area contributed by atoms with E-state index in [0.29, 0.717) is 6.04 Å². The van der Waals surface area contributed by atoms with Crippen LogP contribution in [0.1, 0.15) is 37.4 Å². The minimum Gasteiger partial charge on any atom is -0.310 e. The highest BCUT2D eigenvalue weighted by molar-refractivity contribution is 5.25. The van der Waals surface area contributed by atoms with Crippen LogP contribution in [0.3, 0.4) is 0 Å². The molecular weight excluding hydrogens is 170 g/mol. The first-order chi connectivity index (χ1) is 6.79. The Bertz CT molecular complexity index is 289. The lowest BCUT2D eigenvalue weighted by Gasteiger charge is -2.10. The molecule has 0 aromatic heterocycles. The Morgan fingerprint density at radius 1 is 1.29 bits per heavy atom. The zero-order valence-electron chi connectivity index (χ0n) is 9.09. The number of hydrogen-bond acceptors (Lipinski definition) is 1. The SMILES string of the molecule is CCc1ccc([C@H]2C[C@@H](C)CN2)cc1. The lowest BCUT2D eigenvalue weighted by Crippen LogP contribution is -2.13. The molecule has 1 N–H and O–H groups in total.